The molecule has 2 aromatic carbocycles. The van der Waals surface area contributed by atoms with Crippen molar-refractivity contribution in [2.24, 2.45) is 0 Å². The van der Waals surface area contributed by atoms with Crippen molar-refractivity contribution in [3.8, 4) is 0 Å². The molecule has 1 unspecified atom stereocenters. The zero-order valence-corrected chi connectivity index (χ0v) is 20.8. The van der Waals surface area contributed by atoms with Crippen LogP contribution in [0.2, 0.25) is 10.0 Å². The summed E-state index contributed by atoms with van der Waals surface area (Å²) in [7, 11) is 0. The average molecular weight is 489 g/mol. The maximum Gasteiger partial charge on any atom is 0.407 e. The number of rotatable bonds is 5. The van der Waals surface area contributed by atoms with Gasteiger partial charge in [0.05, 0.1) is 17.6 Å². The molecule has 1 fully saturated rings. The van der Waals surface area contributed by atoms with E-state index in [1.807, 2.05) is 51.1 Å². The normalized spacial score (nSPS) is 16.8. The molecule has 0 radical (unpaired) electrons. The van der Waals surface area contributed by atoms with E-state index in [1.54, 1.807) is 6.07 Å². The molecule has 4 rings (SSSR count). The molecule has 1 N–H and O–H groups in total. The topological polar surface area (TPSA) is 59.4 Å². The third-order valence-electron chi connectivity index (χ3n) is 5.74. The third kappa shape index (κ3) is 5.74. The lowest BCUT2D eigenvalue weighted by Crippen LogP contribution is -2.48. The van der Waals surface area contributed by atoms with Crippen LogP contribution in [0.15, 0.2) is 42.5 Å². The molecule has 0 aliphatic carbocycles. The van der Waals surface area contributed by atoms with Crippen molar-refractivity contribution in [3.63, 3.8) is 0 Å². The molecule has 1 amide bonds. The van der Waals surface area contributed by atoms with Gasteiger partial charge in [-0.3, -0.25) is 0 Å². The van der Waals surface area contributed by atoms with Crippen LogP contribution in [-0.4, -0.2) is 40.4 Å². The van der Waals surface area contributed by atoms with Crippen molar-refractivity contribution < 1.29 is 9.53 Å². The summed E-state index contributed by atoms with van der Waals surface area (Å²) in [6, 6.07) is 13.7. The number of imidazole rings is 1. The molecule has 0 saturated carbocycles. The number of alkyl carbamates (subject to hydrolysis) is 1. The summed E-state index contributed by atoms with van der Waals surface area (Å²) in [5.41, 5.74) is 2.37. The highest BCUT2D eigenvalue weighted by Gasteiger charge is 2.28. The predicted octanol–water partition coefficient (Wildman–Crippen LogP) is 6.28. The van der Waals surface area contributed by atoms with E-state index < -0.39 is 11.7 Å². The van der Waals surface area contributed by atoms with Gasteiger partial charge in [0.15, 0.2) is 0 Å². The highest BCUT2D eigenvalue weighted by Crippen LogP contribution is 2.31. The van der Waals surface area contributed by atoms with E-state index in [1.165, 1.54) is 0 Å². The molecule has 176 valence electrons. The molecular weight excluding hydrogens is 459 g/mol. The standard InChI is InChI=1S/C25H30Cl2N4O2/c1-25(2,3)33-24(32)28-15-19-8-6-7-13-30(19)23-29-21-9-4-5-10-22(21)31(23)16-17-14-18(26)11-12-20(17)27/h4-5,9-12,14,19H,6-8,13,15-16H2,1-3H3,(H,28,32). The first-order valence-corrected chi connectivity index (χ1v) is 12.1. The first kappa shape index (κ1) is 23.7. The Hall–Kier alpha value is -2.44. The van der Waals surface area contributed by atoms with Gasteiger partial charge in [-0.2, -0.15) is 0 Å². The van der Waals surface area contributed by atoms with Crippen LogP contribution in [0.1, 0.15) is 45.6 Å². The van der Waals surface area contributed by atoms with Gasteiger partial charge in [-0.15, -0.1) is 0 Å². The number of carbonyl (C=O) groups is 1. The van der Waals surface area contributed by atoms with Crippen molar-refractivity contribution >= 4 is 46.3 Å². The summed E-state index contributed by atoms with van der Waals surface area (Å²) >= 11 is 12.8. The number of hydrogen-bond acceptors (Lipinski definition) is 4. The lowest BCUT2D eigenvalue weighted by atomic mass is 10.0. The summed E-state index contributed by atoms with van der Waals surface area (Å²) in [6.07, 6.45) is 2.76. The Balaban J connectivity index is 1.65. The fourth-order valence-electron chi connectivity index (χ4n) is 4.26. The van der Waals surface area contributed by atoms with Crippen molar-refractivity contribution in [1.29, 1.82) is 0 Å². The van der Waals surface area contributed by atoms with Crippen molar-refractivity contribution in [2.75, 3.05) is 18.0 Å². The zero-order valence-electron chi connectivity index (χ0n) is 19.3. The van der Waals surface area contributed by atoms with E-state index in [4.69, 9.17) is 32.9 Å². The molecule has 2 heterocycles. The lowest BCUT2D eigenvalue weighted by molar-refractivity contribution is 0.0522. The molecule has 1 aliphatic heterocycles. The number of amides is 1. The van der Waals surface area contributed by atoms with Crippen molar-refractivity contribution in [2.45, 2.75) is 58.2 Å². The van der Waals surface area contributed by atoms with Gasteiger partial charge in [0.2, 0.25) is 5.95 Å². The molecule has 6 nitrogen and oxygen atoms in total. The van der Waals surface area contributed by atoms with Crippen LogP contribution in [0.25, 0.3) is 11.0 Å². The van der Waals surface area contributed by atoms with E-state index in [0.29, 0.717) is 23.1 Å². The van der Waals surface area contributed by atoms with Crippen molar-refractivity contribution in [3.05, 3.63) is 58.1 Å². The maximum atomic E-state index is 12.3. The molecule has 0 bridgehead atoms. The summed E-state index contributed by atoms with van der Waals surface area (Å²) in [4.78, 5) is 19.6. The quantitative estimate of drug-likeness (QED) is 0.459. The molecule has 1 aromatic heterocycles. The molecule has 1 atom stereocenters. The third-order valence-corrected chi connectivity index (χ3v) is 6.34. The summed E-state index contributed by atoms with van der Waals surface area (Å²) in [6.45, 7) is 7.51. The number of nitrogens with zero attached hydrogens (tertiary/aromatic N) is 3. The highest BCUT2D eigenvalue weighted by molar-refractivity contribution is 6.33. The Labute approximate surface area is 204 Å². The second-order valence-corrected chi connectivity index (χ2v) is 10.3. The second kappa shape index (κ2) is 9.82. The minimum atomic E-state index is -0.527. The summed E-state index contributed by atoms with van der Waals surface area (Å²) in [5, 5.41) is 4.27. The van der Waals surface area contributed by atoms with Gasteiger partial charge in [-0.05, 0) is 75.9 Å². The van der Waals surface area contributed by atoms with Gasteiger partial charge in [0, 0.05) is 29.2 Å². The Bertz CT molecular complexity index is 1140. The average Bonchev–Trinajstić information content (AvgIpc) is 3.12. The fraction of sp³-hybridized carbons (Fsp3) is 0.440. The summed E-state index contributed by atoms with van der Waals surface area (Å²) in [5.74, 6) is 0.878. The molecule has 0 spiro atoms. The smallest absolute Gasteiger partial charge is 0.407 e. The molecular formula is C25H30Cl2N4O2. The summed E-state index contributed by atoms with van der Waals surface area (Å²) < 4.78 is 7.62. The molecule has 1 saturated heterocycles. The Morgan fingerprint density at radius 1 is 1.18 bits per heavy atom. The predicted molar refractivity (Wildman–Crippen MR) is 135 cm³/mol. The van der Waals surface area contributed by atoms with Crippen LogP contribution in [0.4, 0.5) is 10.7 Å². The number of fused-ring (bicyclic) bond motifs is 1. The van der Waals surface area contributed by atoms with E-state index in [0.717, 1.165) is 48.4 Å². The number of hydrogen-bond donors (Lipinski definition) is 1. The molecule has 33 heavy (non-hydrogen) atoms. The van der Waals surface area contributed by atoms with Crippen LogP contribution in [-0.2, 0) is 11.3 Å². The number of aromatic nitrogens is 2. The van der Waals surface area contributed by atoms with Crippen LogP contribution >= 0.6 is 23.2 Å². The van der Waals surface area contributed by atoms with Gasteiger partial charge >= 0.3 is 6.09 Å². The van der Waals surface area contributed by atoms with E-state index >= 15 is 0 Å². The van der Waals surface area contributed by atoms with Gasteiger partial charge in [-0.25, -0.2) is 9.78 Å². The molecule has 8 heteroatoms. The van der Waals surface area contributed by atoms with E-state index in [-0.39, 0.29) is 6.04 Å². The van der Waals surface area contributed by atoms with Crippen LogP contribution in [0, 0.1) is 0 Å². The number of para-hydroxylation sites is 2. The first-order chi connectivity index (χ1) is 15.7. The number of halogens is 2. The van der Waals surface area contributed by atoms with E-state index in [2.05, 4.69) is 20.9 Å². The number of benzene rings is 2. The van der Waals surface area contributed by atoms with Crippen LogP contribution in [0.3, 0.4) is 0 Å². The number of nitrogens with one attached hydrogen (secondary N) is 1. The van der Waals surface area contributed by atoms with Gasteiger partial charge < -0.3 is 19.5 Å². The lowest BCUT2D eigenvalue weighted by Gasteiger charge is -2.37. The number of ether oxygens (including phenoxy) is 1. The minimum Gasteiger partial charge on any atom is -0.444 e. The van der Waals surface area contributed by atoms with Crippen LogP contribution in [0.5, 0.6) is 0 Å². The SMILES string of the molecule is CC(C)(C)OC(=O)NCC1CCCCN1c1nc2ccccc2n1Cc1cc(Cl)ccc1Cl. The minimum absolute atomic E-state index is 0.122. The van der Waals surface area contributed by atoms with Gasteiger partial charge in [0.25, 0.3) is 0 Å². The Kier molecular flexibility index (Phi) is 7.05. The second-order valence-electron chi connectivity index (χ2n) is 9.45. The number of carbonyl (C=O) groups excluding carboxylic acids is 1. The highest BCUT2D eigenvalue weighted by atomic mass is 35.5. The van der Waals surface area contributed by atoms with Gasteiger partial charge in [0.1, 0.15) is 5.60 Å². The van der Waals surface area contributed by atoms with Crippen molar-refractivity contribution in [1.82, 2.24) is 14.9 Å². The molecule has 1 aliphatic rings. The number of anilines is 1. The largest absolute Gasteiger partial charge is 0.444 e. The zero-order chi connectivity index (χ0) is 23.6. The fourth-order valence-corrected chi connectivity index (χ4v) is 4.64. The number of piperidine rings is 1. The Morgan fingerprint density at radius 2 is 1.97 bits per heavy atom. The maximum absolute atomic E-state index is 12.3. The monoisotopic (exact) mass is 488 g/mol. The Morgan fingerprint density at radius 3 is 2.76 bits per heavy atom. The van der Waals surface area contributed by atoms with E-state index in [9.17, 15) is 4.79 Å². The first-order valence-electron chi connectivity index (χ1n) is 11.3. The van der Waals surface area contributed by atoms with Gasteiger partial charge in [-0.1, -0.05) is 35.3 Å². The molecule has 3 aromatic rings. The van der Waals surface area contributed by atoms with Crippen LogP contribution < -0.4 is 10.2 Å².